The highest BCUT2D eigenvalue weighted by Gasteiger charge is 2.40. The van der Waals surface area contributed by atoms with Crippen LogP contribution in [0.15, 0.2) is 48.5 Å². The van der Waals surface area contributed by atoms with Crippen LogP contribution in [0.5, 0.6) is 11.5 Å². The Morgan fingerprint density at radius 2 is 1.80 bits per heavy atom. The second-order valence-corrected chi connectivity index (χ2v) is 6.00. The summed E-state index contributed by atoms with van der Waals surface area (Å²) < 4.78 is 5.20. The number of aromatic hydroxyl groups is 1. The van der Waals surface area contributed by atoms with Crippen molar-refractivity contribution in [3.63, 3.8) is 0 Å². The van der Waals surface area contributed by atoms with E-state index in [1.54, 1.807) is 31.2 Å². The van der Waals surface area contributed by atoms with Crippen LogP contribution < -0.4 is 4.74 Å². The van der Waals surface area contributed by atoms with Gasteiger partial charge in [-0.05, 0) is 42.0 Å². The van der Waals surface area contributed by atoms with E-state index in [1.807, 2.05) is 36.4 Å². The summed E-state index contributed by atoms with van der Waals surface area (Å²) >= 11 is 0. The van der Waals surface area contributed by atoms with Gasteiger partial charge in [0.1, 0.15) is 17.2 Å². The van der Waals surface area contributed by atoms with Gasteiger partial charge in [-0.2, -0.15) is 5.10 Å². The van der Waals surface area contributed by atoms with E-state index in [2.05, 4.69) is 10.2 Å². The Morgan fingerprint density at radius 3 is 2.44 bits per heavy atom. The van der Waals surface area contributed by atoms with Gasteiger partial charge in [-0.15, -0.1) is 0 Å². The van der Waals surface area contributed by atoms with E-state index in [-0.39, 0.29) is 17.7 Å². The number of aromatic amines is 1. The third-order valence-corrected chi connectivity index (χ3v) is 4.57. The smallest absolute Gasteiger partial charge is 0.272 e. The van der Waals surface area contributed by atoms with Crippen LogP contribution >= 0.6 is 0 Å². The number of hydrogen-bond donors (Lipinski definition) is 2. The highest BCUT2D eigenvalue weighted by Crippen LogP contribution is 2.42. The van der Waals surface area contributed by atoms with Crippen molar-refractivity contribution in [1.29, 1.82) is 0 Å². The zero-order valence-electron chi connectivity index (χ0n) is 13.9. The number of carbonyl (C=O) groups is 1. The van der Waals surface area contributed by atoms with Gasteiger partial charge in [0.05, 0.1) is 18.8 Å². The highest BCUT2D eigenvalue weighted by molar-refractivity contribution is 6.00. The first-order valence-corrected chi connectivity index (χ1v) is 7.89. The van der Waals surface area contributed by atoms with Crippen molar-refractivity contribution < 1.29 is 14.6 Å². The number of phenolic OH excluding ortho intramolecular Hbond substituents is 1. The number of hydrogen-bond acceptors (Lipinski definition) is 4. The Labute approximate surface area is 144 Å². The number of phenols is 1. The van der Waals surface area contributed by atoms with Gasteiger partial charge in [0.15, 0.2) is 0 Å². The van der Waals surface area contributed by atoms with Crippen LogP contribution in [-0.4, -0.2) is 40.3 Å². The molecule has 0 radical (unpaired) electrons. The van der Waals surface area contributed by atoms with Crippen LogP contribution in [0.25, 0.3) is 11.3 Å². The van der Waals surface area contributed by atoms with Crippen molar-refractivity contribution >= 4 is 5.91 Å². The molecule has 126 valence electrons. The van der Waals surface area contributed by atoms with E-state index >= 15 is 0 Å². The SMILES string of the molecule is COc1ccc(-c2n[nH]c3c2C(c2ccc(O)cc2)N(C)C3=O)cc1. The molecule has 1 aliphatic rings. The zero-order valence-corrected chi connectivity index (χ0v) is 13.9. The lowest BCUT2D eigenvalue weighted by Gasteiger charge is -2.22. The van der Waals surface area contributed by atoms with Crippen LogP contribution in [0.2, 0.25) is 0 Å². The molecule has 0 aliphatic carbocycles. The maximum absolute atomic E-state index is 12.6. The summed E-state index contributed by atoms with van der Waals surface area (Å²) in [6.45, 7) is 0. The molecule has 1 unspecified atom stereocenters. The van der Waals surface area contributed by atoms with Crippen LogP contribution in [0.1, 0.15) is 27.7 Å². The average molecular weight is 335 g/mol. The monoisotopic (exact) mass is 335 g/mol. The Kier molecular flexibility index (Phi) is 3.46. The molecule has 3 aromatic rings. The van der Waals surface area contributed by atoms with E-state index in [4.69, 9.17) is 4.74 Å². The molecule has 4 rings (SSSR count). The maximum Gasteiger partial charge on any atom is 0.272 e. The van der Waals surface area contributed by atoms with Crippen LogP contribution in [0, 0.1) is 0 Å². The Hall–Kier alpha value is -3.28. The number of aromatic nitrogens is 2. The highest BCUT2D eigenvalue weighted by atomic mass is 16.5. The second-order valence-electron chi connectivity index (χ2n) is 6.00. The summed E-state index contributed by atoms with van der Waals surface area (Å²) in [6, 6.07) is 14.2. The number of amides is 1. The third-order valence-electron chi connectivity index (χ3n) is 4.57. The van der Waals surface area contributed by atoms with E-state index in [0.717, 1.165) is 28.1 Å². The molecule has 25 heavy (non-hydrogen) atoms. The largest absolute Gasteiger partial charge is 0.508 e. The molecular weight excluding hydrogens is 318 g/mol. The maximum atomic E-state index is 12.6. The summed E-state index contributed by atoms with van der Waals surface area (Å²) in [5.41, 5.74) is 3.93. The molecule has 0 bridgehead atoms. The number of ether oxygens (including phenoxy) is 1. The van der Waals surface area contributed by atoms with Crippen molar-refractivity contribution in [3.8, 4) is 22.8 Å². The molecule has 0 fully saturated rings. The molecule has 2 N–H and O–H groups in total. The molecule has 6 heteroatoms. The minimum atomic E-state index is -0.251. The van der Waals surface area contributed by atoms with Crippen LogP contribution in [0.4, 0.5) is 0 Å². The topological polar surface area (TPSA) is 78.5 Å². The minimum absolute atomic E-state index is 0.0969. The van der Waals surface area contributed by atoms with E-state index < -0.39 is 0 Å². The van der Waals surface area contributed by atoms with Crippen molar-refractivity contribution in [1.82, 2.24) is 15.1 Å². The van der Waals surface area contributed by atoms with E-state index in [0.29, 0.717) is 5.69 Å². The molecule has 0 spiro atoms. The van der Waals surface area contributed by atoms with Crippen molar-refractivity contribution in [3.05, 3.63) is 65.4 Å². The van der Waals surface area contributed by atoms with E-state index in [9.17, 15) is 9.90 Å². The number of fused-ring (bicyclic) bond motifs is 1. The second kappa shape index (κ2) is 5.66. The van der Waals surface area contributed by atoms with Gasteiger partial charge in [0.2, 0.25) is 0 Å². The number of nitrogens with zero attached hydrogens (tertiary/aromatic N) is 2. The zero-order chi connectivity index (χ0) is 17.6. The number of benzene rings is 2. The third kappa shape index (κ3) is 2.34. The minimum Gasteiger partial charge on any atom is -0.508 e. The Bertz CT molecular complexity index is 930. The van der Waals surface area contributed by atoms with E-state index in [1.165, 1.54) is 0 Å². The predicted octanol–water partition coefficient (Wildman–Crippen LogP) is 2.97. The van der Waals surface area contributed by atoms with Gasteiger partial charge in [-0.1, -0.05) is 12.1 Å². The molecule has 1 aromatic heterocycles. The molecule has 1 amide bonds. The standard InChI is InChI=1S/C19H17N3O3/c1-22-18(12-3-7-13(23)8-4-12)15-16(20-21-17(15)19(22)24)11-5-9-14(25-2)10-6-11/h3-10,18,23H,1-2H3,(H,20,21). The molecule has 2 aromatic carbocycles. The number of carbonyl (C=O) groups excluding carboxylic acids is 1. The fraction of sp³-hybridized carbons (Fsp3) is 0.158. The molecule has 6 nitrogen and oxygen atoms in total. The van der Waals surface area contributed by atoms with Crippen LogP contribution in [-0.2, 0) is 0 Å². The average Bonchev–Trinajstić information content (AvgIpc) is 3.16. The van der Waals surface area contributed by atoms with Gasteiger partial charge in [-0.3, -0.25) is 9.89 Å². The molecule has 1 atom stereocenters. The Balaban J connectivity index is 1.84. The predicted molar refractivity (Wildman–Crippen MR) is 92.6 cm³/mol. The number of H-pyrrole nitrogens is 1. The van der Waals surface area contributed by atoms with Gasteiger partial charge < -0.3 is 14.7 Å². The molecule has 2 heterocycles. The van der Waals surface area contributed by atoms with Gasteiger partial charge in [-0.25, -0.2) is 0 Å². The first kappa shape index (κ1) is 15.3. The van der Waals surface area contributed by atoms with Crippen molar-refractivity contribution in [2.75, 3.05) is 14.2 Å². The lowest BCUT2D eigenvalue weighted by molar-refractivity contribution is 0.0788. The lowest BCUT2D eigenvalue weighted by atomic mass is 9.96. The summed E-state index contributed by atoms with van der Waals surface area (Å²) in [7, 11) is 3.39. The quantitative estimate of drug-likeness (QED) is 0.771. The fourth-order valence-electron chi connectivity index (χ4n) is 3.28. The number of methoxy groups -OCH3 is 1. The van der Waals surface area contributed by atoms with Crippen LogP contribution in [0.3, 0.4) is 0 Å². The van der Waals surface area contributed by atoms with Gasteiger partial charge in [0, 0.05) is 18.2 Å². The lowest BCUT2D eigenvalue weighted by Crippen LogP contribution is -2.24. The van der Waals surface area contributed by atoms with Gasteiger partial charge >= 0.3 is 0 Å². The Morgan fingerprint density at radius 1 is 1.12 bits per heavy atom. The molecule has 0 saturated carbocycles. The van der Waals surface area contributed by atoms with Gasteiger partial charge in [0.25, 0.3) is 5.91 Å². The molecule has 1 aliphatic heterocycles. The first-order chi connectivity index (χ1) is 12.1. The number of nitrogens with one attached hydrogen (secondary N) is 1. The normalized spacial score (nSPS) is 16.2. The van der Waals surface area contributed by atoms with Crippen molar-refractivity contribution in [2.45, 2.75) is 6.04 Å². The summed E-state index contributed by atoms with van der Waals surface area (Å²) in [5.74, 6) is 0.859. The first-order valence-electron chi connectivity index (χ1n) is 7.89. The molecule has 0 saturated heterocycles. The summed E-state index contributed by atoms with van der Waals surface area (Å²) in [4.78, 5) is 14.3. The summed E-state index contributed by atoms with van der Waals surface area (Å²) in [5, 5.41) is 16.8. The summed E-state index contributed by atoms with van der Waals surface area (Å²) in [6.07, 6.45) is 0. The van der Waals surface area contributed by atoms with Crippen molar-refractivity contribution in [2.24, 2.45) is 0 Å². The number of rotatable bonds is 3. The molecular formula is C19H17N3O3. The fourth-order valence-corrected chi connectivity index (χ4v) is 3.28.